The molecule has 0 aromatic heterocycles. The van der Waals surface area contributed by atoms with Crippen LogP contribution in [0.5, 0.6) is 0 Å². The molecule has 0 aromatic carbocycles. The molecule has 0 bridgehead atoms. The highest BCUT2D eigenvalue weighted by Gasteiger charge is 2.39. The lowest BCUT2D eigenvalue weighted by Crippen LogP contribution is -2.54. The lowest BCUT2D eigenvalue weighted by atomic mass is 9.91. The van der Waals surface area contributed by atoms with Crippen LogP contribution in [-0.4, -0.2) is 50.8 Å². The molecule has 106 valence electrons. The van der Waals surface area contributed by atoms with E-state index in [2.05, 4.69) is 10.6 Å². The van der Waals surface area contributed by atoms with Crippen LogP contribution in [0.2, 0.25) is 0 Å². The minimum Gasteiger partial charge on any atom is -0.465 e. The molecule has 0 radical (unpaired) electrons. The Kier molecular flexibility index (Phi) is 7.90. The average Bonchev–Trinajstić information content (AvgIpc) is 2.37. The smallest absolute Gasteiger partial charge is 0.325 e. The molecule has 1 aliphatic heterocycles. The number of amides is 1. The van der Waals surface area contributed by atoms with Gasteiger partial charge in [-0.15, -0.1) is 12.4 Å². The van der Waals surface area contributed by atoms with Gasteiger partial charge in [0.05, 0.1) is 6.61 Å². The summed E-state index contributed by atoms with van der Waals surface area (Å²) < 4.78 is 10.1. The molecule has 1 fully saturated rings. The first-order chi connectivity index (χ1) is 8.14. The number of halogens is 1. The maximum absolute atomic E-state index is 12.0. The van der Waals surface area contributed by atoms with Crippen LogP contribution < -0.4 is 10.6 Å². The van der Waals surface area contributed by atoms with E-state index in [9.17, 15) is 9.59 Å². The molecule has 1 amide bonds. The van der Waals surface area contributed by atoms with Crippen LogP contribution in [0.3, 0.4) is 0 Å². The highest BCUT2D eigenvalue weighted by atomic mass is 35.5. The quantitative estimate of drug-likeness (QED) is 0.686. The van der Waals surface area contributed by atoms with Crippen molar-refractivity contribution in [3.8, 4) is 0 Å². The fourth-order valence-electron chi connectivity index (χ4n) is 1.88. The number of rotatable bonds is 5. The third-order valence-electron chi connectivity index (χ3n) is 2.91. The molecule has 18 heavy (non-hydrogen) atoms. The second kappa shape index (κ2) is 8.29. The van der Waals surface area contributed by atoms with Gasteiger partial charge in [0.15, 0.2) is 0 Å². The lowest BCUT2D eigenvalue weighted by molar-refractivity contribution is -0.151. The number of ether oxygens (including phenoxy) is 2. The summed E-state index contributed by atoms with van der Waals surface area (Å²) in [6.45, 7) is 3.41. The van der Waals surface area contributed by atoms with Crippen LogP contribution in [0.25, 0.3) is 0 Å². The van der Waals surface area contributed by atoms with Crippen molar-refractivity contribution in [1.29, 1.82) is 0 Å². The first kappa shape index (κ1) is 17.2. The lowest BCUT2D eigenvalue weighted by Gasteiger charge is -2.34. The van der Waals surface area contributed by atoms with Gasteiger partial charge in [0.2, 0.25) is 0 Å². The van der Waals surface area contributed by atoms with Crippen molar-refractivity contribution < 1.29 is 19.1 Å². The number of carbonyl (C=O) groups is 2. The van der Waals surface area contributed by atoms with Gasteiger partial charge in [-0.25, -0.2) is 0 Å². The Morgan fingerprint density at radius 3 is 2.44 bits per heavy atom. The highest BCUT2D eigenvalue weighted by Crippen LogP contribution is 2.22. The van der Waals surface area contributed by atoms with Crippen LogP contribution in [0.1, 0.15) is 19.8 Å². The SMILES string of the molecule is CCOC(=O)CNC(=O)C1(OC)CCNCC1.Cl. The fraction of sp³-hybridized carbons (Fsp3) is 0.818. The predicted octanol–water partition coefficient (Wildman–Crippen LogP) is -0.144. The number of nitrogens with one attached hydrogen (secondary N) is 2. The van der Waals surface area contributed by atoms with Crippen molar-refractivity contribution in [3.63, 3.8) is 0 Å². The summed E-state index contributed by atoms with van der Waals surface area (Å²) in [6.07, 6.45) is 1.22. The molecule has 7 heteroatoms. The van der Waals surface area contributed by atoms with Gasteiger partial charge in [-0.05, 0) is 32.9 Å². The van der Waals surface area contributed by atoms with E-state index in [4.69, 9.17) is 9.47 Å². The molecule has 1 saturated heterocycles. The summed E-state index contributed by atoms with van der Waals surface area (Å²) in [5.41, 5.74) is -0.808. The monoisotopic (exact) mass is 280 g/mol. The molecule has 0 aromatic rings. The maximum Gasteiger partial charge on any atom is 0.325 e. The summed E-state index contributed by atoms with van der Waals surface area (Å²) >= 11 is 0. The van der Waals surface area contributed by atoms with Crippen molar-refractivity contribution in [2.45, 2.75) is 25.4 Å². The number of hydrogen-bond donors (Lipinski definition) is 2. The Labute approximate surface area is 113 Å². The number of carbonyl (C=O) groups excluding carboxylic acids is 2. The van der Waals surface area contributed by atoms with Crippen molar-refractivity contribution in [3.05, 3.63) is 0 Å². The van der Waals surface area contributed by atoms with Gasteiger partial charge in [-0.1, -0.05) is 0 Å². The van der Waals surface area contributed by atoms with Crippen LogP contribution in [-0.2, 0) is 19.1 Å². The highest BCUT2D eigenvalue weighted by molar-refractivity contribution is 5.88. The van der Waals surface area contributed by atoms with E-state index >= 15 is 0 Å². The zero-order valence-corrected chi connectivity index (χ0v) is 11.6. The predicted molar refractivity (Wildman–Crippen MR) is 68.7 cm³/mol. The zero-order chi connectivity index (χ0) is 12.7. The van der Waals surface area contributed by atoms with E-state index in [0.717, 1.165) is 13.1 Å². The van der Waals surface area contributed by atoms with Gasteiger partial charge < -0.3 is 20.1 Å². The minimum absolute atomic E-state index is 0. The molecule has 1 heterocycles. The maximum atomic E-state index is 12.0. The molecule has 2 N–H and O–H groups in total. The first-order valence-electron chi connectivity index (χ1n) is 5.84. The molecule has 1 aliphatic rings. The summed E-state index contributed by atoms with van der Waals surface area (Å²) in [7, 11) is 1.52. The van der Waals surface area contributed by atoms with Gasteiger partial charge in [-0.3, -0.25) is 9.59 Å². The van der Waals surface area contributed by atoms with E-state index in [1.54, 1.807) is 6.92 Å². The molecule has 0 atom stereocenters. The summed E-state index contributed by atoms with van der Waals surface area (Å²) in [6, 6.07) is 0. The Balaban J connectivity index is 0.00000289. The largest absolute Gasteiger partial charge is 0.465 e. The summed E-state index contributed by atoms with van der Waals surface area (Å²) in [4.78, 5) is 23.1. The van der Waals surface area contributed by atoms with E-state index < -0.39 is 11.6 Å². The number of piperidine rings is 1. The van der Waals surface area contributed by atoms with Crippen LogP contribution in [0.4, 0.5) is 0 Å². The van der Waals surface area contributed by atoms with Crippen molar-refractivity contribution in [2.75, 3.05) is 33.4 Å². The number of hydrogen-bond acceptors (Lipinski definition) is 5. The van der Waals surface area contributed by atoms with E-state index in [0.29, 0.717) is 19.4 Å². The fourth-order valence-corrected chi connectivity index (χ4v) is 1.88. The van der Waals surface area contributed by atoms with Crippen molar-refractivity contribution >= 4 is 24.3 Å². The number of esters is 1. The molecular formula is C11H21ClN2O4. The standard InChI is InChI=1S/C11H20N2O4.ClH/c1-3-17-9(14)8-13-10(15)11(16-2)4-6-12-7-5-11;/h12H,3-8H2,1-2H3,(H,13,15);1H. The van der Waals surface area contributed by atoms with Crippen LogP contribution in [0.15, 0.2) is 0 Å². The normalized spacial score (nSPS) is 17.4. The van der Waals surface area contributed by atoms with Crippen LogP contribution >= 0.6 is 12.4 Å². The van der Waals surface area contributed by atoms with E-state index in [-0.39, 0.29) is 24.9 Å². The van der Waals surface area contributed by atoms with Gasteiger partial charge in [-0.2, -0.15) is 0 Å². The molecule has 0 unspecified atom stereocenters. The third kappa shape index (κ3) is 4.44. The minimum atomic E-state index is -0.808. The average molecular weight is 281 g/mol. The molecular weight excluding hydrogens is 260 g/mol. The van der Waals surface area contributed by atoms with Crippen molar-refractivity contribution in [1.82, 2.24) is 10.6 Å². The Morgan fingerprint density at radius 2 is 1.94 bits per heavy atom. The van der Waals surface area contributed by atoms with Crippen LogP contribution in [0, 0.1) is 0 Å². The second-order valence-electron chi connectivity index (χ2n) is 3.94. The zero-order valence-electron chi connectivity index (χ0n) is 10.8. The topological polar surface area (TPSA) is 76.7 Å². The van der Waals surface area contributed by atoms with E-state index in [1.807, 2.05) is 0 Å². The van der Waals surface area contributed by atoms with Gasteiger partial charge in [0.1, 0.15) is 12.1 Å². The van der Waals surface area contributed by atoms with Gasteiger partial charge >= 0.3 is 5.97 Å². The van der Waals surface area contributed by atoms with Crippen molar-refractivity contribution in [2.24, 2.45) is 0 Å². The third-order valence-corrected chi connectivity index (χ3v) is 2.91. The molecule has 0 aliphatic carbocycles. The first-order valence-corrected chi connectivity index (χ1v) is 5.84. The Hall–Kier alpha value is -0.850. The molecule has 1 rings (SSSR count). The Morgan fingerprint density at radius 1 is 1.33 bits per heavy atom. The summed E-state index contributed by atoms with van der Waals surface area (Å²) in [5.74, 6) is -0.671. The molecule has 0 spiro atoms. The van der Waals surface area contributed by atoms with Gasteiger partial charge in [0.25, 0.3) is 5.91 Å². The van der Waals surface area contributed by atoms with E-state index in [1.165, 1.54) is 7.11 Å². The Bertz CT molecular complexity index is 280. The van der Waals surface area contributed by atoms with Gasteiger partial charge in [0, 0.05) is 7.11 Å². The molecule has 0 saturated carbocycles. The molecule has 6 nitrogen and oxygen atoms in total. The second-order valence-corrected chi connectivity index (χ2v) is 3.94. The summed E-state index contributed by atoms with van der Waals surface area (Å²) in [5, 5.41) is 5.72. The number of methoxy groups -OCH3 is 1.